The number of methoxy groups -OCH3 is 1. The molecule has 4 bridgehead atoms. The Morgan fingerprint density at radius 3 is 1.89 bits per heavy atom. The number of nitrogens with one attached hydrogen (secondary N) is 1. The van der Waals surface area contributed by atoms with Gasteiger partial charge in [0.15, 0.2) is 5.75 Å². The first-order chi connectivity index (χ1) is 20.9. The molecule has 44 heavy (non-hydrogen) atoms. The zero-order valence-corrected chi connectivity index (χ0v) is 22.8. The summed E-state index contributed by atoms with van der Waals surface area (Å²) in [6.07, 6.45) is -10.1. The zero-order valence-electron chi connectivity index (χ0n) is 22.8. The van der Waals surface area contributed by atoms with Gasteiger partial charge in [-0.25, -0.2) is 4.98 Å². The van der Waals surface area contributed by atoms with Crippen LogP contribution >= 0.6 is 0 Å². The summed E-state index contributed by atoms with van der Waals surface area (Å²) in [5.41, 5.74) is 1.83. The van der Waals surface area contributed by atoms with Crippen LogP contribution in [0.5, 0.6) is 11.5 Å². The summed E-state index contributed by atoms with van der Waals surface area (Å²) < 4.78 is 90.1. The highest BCUT2D eigenvalue weighted by Gasteiger charge is 2.38. The predicted octanol–water partition coefficient (Wildman–Crippen LogP) is 8.02. The van der Waals surface area contributed by atoms with Gasteiger partial charge < -0.3 is 14.1 Å². The lowest BCUT2D eigenvalue weighted by Crippen LogP contribution is -2.27. The fraction of sp³-hybridized carbons (Fsp3) is 0.125. The van der Waals surface area contributed by atoms with Gasteiger partial charge in [-0.15, -0.1) is 0 Å². The normalized spacial score (nSPS) is 13.2. The molecule has 4 aliphatic rings. The fourth-order valence-electron chi connectivity index (χ4n) is 4.94. The minimum Gasteiger partial charge on any atom is -0.497 e. The van der Waals surface area contributed by atoms with Crippen LogP contribution in [0.25, 0.3) is 33.9 Å². The summed E-state index contributed by atoms with van der Waals surface area (Å²) in [6, 6.07) is 21.0. The highest BCUT2D eigenvalue weighted by molar-refractivity contribution is 5.93. The molecule has 1 amide bonds. The number of rotatable bonds is 3. The van der Waals surface area contributed by atoms with Gasteiger partial charge in [0, 0.05) is 28.8 Å². The Bertz CT molecular complexity index is 1810. The highest BCUT2D eigenvalue weighted by atomic mass is 19.4. The van der Waals surface area contributed by atoms with Gasteiger partial charge >= 0.3 is 12.4 Å². The molecule has 5 heterocycles. The van der Waals surface area contributed by atoms with Gasteiger partial charge in [0.1, 0.15) is 11.6 Å². The smallest absolute Gasteiger partial charge is 0.416 e. The molecule has 0 spiro atoms. The summed E-state index contributed by atoms with van der Waals surface area (Å²) >= 11 is 0. The summed E-state index contributed by atoms with van der Waals surface area (Å²) in [7, 11) is 1.49. The fourth-order valence-corrected chi connectivity index (χ4v) is 4.94. The van der Waals surface area contributed by atoms with Crippen LogP contribution in [-0.2, 0) is 18.9 Å². The Balaban J connectivity index is 1.67. The van der Waals surface area contributed by atoms with Crippen LogP contribution in [0, 0.1) is 0 Å². The third-order valence-corrected chi connectivity index (χ3v) is 7.12. The first-order valence-electron chi connectivity index (χ1n) is 13.1. The number of carbonyl (C=O) groups is 1. The Morgan fingerprint density at radius 1 is 0.750 bits per heavy atom. The van der Waals surface area contributed by atoms with Crippen LogP contribution < -0.4 is 15.1 Å². The zero-order chi connectivity index (χ0) is 31.2. The van der Waals surface area contributed by atoms with Gasteiger partial charge in [-0.2, -0.15) is 31.8 Å². The summed E-state index contributed by atoms with van der Waals surface area (Å²) in [6.45, 7) is 0.00552. The average molecular weight is 610 g/mol. The maximum absolute atomic E-state index is 13.9. The summed E-state index contributed by atoms with van der Waals surface area (Å²) in [5, 5.41) is 0. The van der Waals surface area contributed by atoms with Crippen LogP contribution in [0.2, 0.25) is 0 Å². The quantitative estimate of drug-likeness (QED) is 0.211. The number of ether oxygens (including phenoxy) is 1. The van der Waals surface area contributed by atoms with Crippen molar-refractivity contribution < 1.29 is 40.7 Å². The minimum absolute atomic E-state index is 0.00552. The second-order valence-corrected chi connectivity index (χ2v) is 10.00. The molecule has 0 unspecified atom stereocenters. The molecule has 12 heteroatoms. The number of hydrogen-bond donors (Lipinski definition) is 1. The molecule has 0 saturated heterocycles. The maximum atomic E-state index is 13.9. The van der Waals surface area contributed by atoms with E-state index in [0.29, 0.717) is 51.7 Å². The van der Waals surface area contributed by atoms with Gasteiger partial charge in [0.2, 0.25) is 0 Å². The number of benzene rings is 4. The number of hydroxylamine groups is 1. The van der Waals surface area contributed by atoms with E-state index in [9.17, 15) is 31.1 Å². The molecule has 0 atom stereocenters. The van der Waals surface area contributed by atoms with Crippen molar-refractivity contribution >= 4 is 5.91 Å². The van der Waals surface area contributed by atoms with E-state index in [2.05, 4.69) is 5.48 Å². The molecular weight excluding hydrogens is 588 g/mol. The highest BCUT2D eigenvalue weighted by Crippen LogP contribution is 2.42. The van der Waals surface area contributed by atoms with Crippen LogP contribution in [0.4, 0.5) is 26.3 Å². The Hall–Kier alpha value is -5.26. The Kier molecular flexibility index (Phi) is 7.07. The van der Waals surface area contributed by atoms with Crippen LogP contribution in [0.3, 0.4) is 0 Å². The molecule has 0 fully saturated rings. The van der Waals surface area contributed by atoms with Crippen LogP contribution in [-0.4, -0.2) is 22.6 Å². The second kappa shape index (κ2) is 10.8. The molecule has 9 rings (SSSR count). The average Bonchev–Trinajstić information content (AvgIpc) is 3.38. The van der Waals surface area contributed by atoms with Gasteiger partial charge in [0.05, 0.1) is 29.6 Å². The van der Waals surface area contributed by atoms with E-state index in [0.717, 1.165) is 0 Å². The lowest BCUT2D eigenvalue weighted by Gasteiger charge is -2.17. The Morgan fingerprint density at radius 2 is 1.32 bits per heavy atom. The molecule has 6 nitrogen and oxygen atoms in total. The summed E-state index contributed by atoms with van der Waals surface area (Å²) in [5.74, 6) is 0.213. The maximum Gasteiger partial charge on any atom is 0.416 e. The van der Waals surface area contributed by atoms with Crippen molar-refractivity contribution in [2.45, 2.75) is 18.9 Å². The molecule has 0 aliphatic carbocycles. The SMILES string of the molecule is COc1ccc(-c2nc(-c3cc(C(F)(F)F)cc(C(F)(F)F)c3)n3c2-c2ccc(cc2)ONC(=O)c2ccc(cc2)C3)cc1. The van der Waals surface area contributed by atoms with E-state index < -0.39 is 29.4 Å². The number of imidazole rings is 1. The van der Waals surface area contributed by atoms with E-state index in [1.54, 1.807) is 65.2 Å². The number of carbonyl (C=O) groups excluding carboxylic acids is 1. The molecule has 0 saturated carbocycles. The summed E-state index contributed by atoms with van der Waals surface area (Å²) in [4.78, 5) is 22.6. The second-order valence-electron chi connectivity index (χ2n) is 10.00. The van der Waals surface area contributed by atoms with E-state index in [1.165, 1.54) is 19.2 Å². The van der Waals surface area contributed by atoms with Crippen LogP contribution in [0.1, 0.15) is 27.0 Å². The molecule has 1 aromatic heterocycles. The number of nitrogens with zero attached hydrogens (tertiary/aromatic N) is 2. The minimum atomic E-state index is -5.05. The topological polar surface area (TPSA) is 65.4 Å². The van der Waals surface area contributed by atoms with E-state index in [1.807, 2.05) is 0 Å². The van der Waals surface area contributed by atoms with Crippen molar-refractivity contribution in [2.75, 3.05) is 7.11 Å². The van der Waals surface area contributed by atoms with E-state index >= 15 is 0 Å². The van der Waals surface area contributed by atoms with E-state index in [4.69, 9.17) is 14.6 Å². The predicted molar refractivity (Wildman–Crippen MR) is 149 cm³/mol. The van der Waals surface area contributed by atoms with Crippen molar-refractivity contribution in [3.63, 3.8) is 0 Å². The Labute approximate surface area is 246 Å². The standard InChI is InChI=1S/C32H21F6N3O3/c1-43-25-10-6-19(7-11-25)27-28-20-8-12-26(13-9-20)44-40-30(42)21-4-2-18(3-5-21)17-41(28)29(39-27)22-14-23(31(33,34)35)16-24(15-22)32(36,37)38/h2-16H,17H2,1H3,(H,40,42). The number of aromatic nitrogens is 2. The largest absolute Gasteiger partial charge is 0.497 e. The number of hydrogen-bond acceptors (Lipinski definition) is 4. The van der Waals surface area contributed by atoms with Crippen molar-refractivity contribution in [3.05, 3.63) is 113 Å². The first-order valence-corrected chi connectivity index (χ1v) is 13.1. The van der Waals surface area contributed by atoms with Crippen molar-refractivity contribution in [3.8, 4) is 45.4 Å². The first kappa shape index (κ1) is 28.8. The lowest BCUT2D eigenvalue weighted by atomic mass is 10.0. The molecule has 1 N–H and O–H groups in total. The van der Waals surface area contributed by atoms with E-state index in [-0.39, 0.29) is 29.6 Å². The van der Waals surface area contributed by atoms with Gasteiger partial charge in [0.25, 0.3) is 5.91 Å². The molecule has 4 aliphatic heterocycles. The van der Waals surface area contributed by atoms with Crippen LogP contribution in [0.15, 0.2) is 91.0 Å². The van der Waals surface area contributed by atoms with Crippen molar-refractivity contribution in [1.82, 2.24) is 15.0 Å². The molecule has 0 radical (unpaired) electrons. The van der Waals surface area contributed by atoms with Crippen molar-refractivity contribution in [1.29, 1.82) is 0 Å². The number of alkyl halides is 6. The van der Waals surface area contributed by atoms with Gasteiger partial charge in [-0.1, -0.05) is 12.1 Å². The molecule has 5 aromatic rings. The molecule has 4 aromatic carbocycles. The number of amides is 1. The molecular formula is C32H21F6N3O3. The number of halogens is 6. The lowest BCUT2D eigenvalue weighted by molar-refractivity contribution is -0.143. The van der Waals surface area contributed by atoms with Gasteiger partial charge in [-0.3, -0.25) is 4.79 Å². The molecule has 224 valence electrons. The third-order valence-electron chi connectivity index (χ3n) is 7.12. The monoisotopic (exact) mass is 609 g/mol. The third kappa shape index (κ3) is 5.58. The van der Waals surface area contributed by atoms with Crippen molar-refractivity contribution in [2.24, 2.45) is 0 Å². The van der Waals surface area contributed by atoms with Gasteiger partial charge in [-0.05, 0) is 84.4 Å².